The minimum absolute atomic E-state index is 0.0104. The first-order chi connectivity index (χ1) is 17.7. The summed E-state index contributed by atoms with van der Waals surface area (Å²) in [7, 11) is 0. The summed E-state index contributed by atoms with van der Waals surface area (Å²) in [5.74, 6) is 0.0525. The lowest BCUT2D eigenvalue weighted by Gasteiger charge is -2.39. The van der Waals surface area contributed by atoms with Crippen LogP contribution in [-0.2, 0) is 16.0 Å². The molecule has 2 unspecified atom stereocenters. The van der Waals surface area contributed by atoms with Crippen molar-refractivity contribution in [1.82, 2.24) is 20.4 Å². The Morgan fingerprint density at radius 1 is 0.919 bits per heavy atom. The zero-order valence-corrected chi connectivity index (χ0v) is 22.6. The van der Waals surface area contributed by atoms with Gasteiger partial charge in [-0.1, -0.05) is 70.2 Å². The number of aryl methyl sites for hydroxylation is 1. The molecule has 0 bridgehead atoms. The summed E-state index contributed by atoms with van der Waals surface area (Å²) < 4.78 is 14.4. The van der Waals surface area contributed by atoms with E-state index in [0.717, 1.165) is 19.5 Å². The number of piperazine rings is 2. The van der Waals surface area contributed by atoms with Gasteiger partial charge < -0.3 is 20.4 Å². The minimum Gasteiger partial charge on any atom is -0.339 e. The van der Waals surface area contributed by atoms with Crippen molar-refractivity contribution in [3.05, 3.63) is 71.0 Å². The maximum Gasteiger partial charge on any atom is 0.228 e. The summed E-state index contributed by atoms with van der Waals surface area (Å²) in [5.41, 5.74) is 2.47. The summed E-state index contributed by atoms with van der Waals surface area (Å²) >= 11 is 0. The number of rotatable bonds is 7. The molecule has 0 aliphatic carbocycles. The molecule has 2 amide bonds. The van der Waals surface area contributed by atoms with Gasteiger partial charge in [-0.15, -0.1) is 0 Å². The normalized spacial score (nSPS) is 20.8. The molecule has 37 heavy (non-hydrogen) atoms. The molecular weight excluding hydrogens is 467 g/mol. The van der Waals surface area contributed by atoms with Gasteiger partial charge >= 0.3 is 0 Å². The van der Waals surface area contributed by atoms with E-state index in [1.807, 2.05) is 55.7 Å². The van der Waals surface area contributed by atoms with Gasteiger partial charge in [-0.3, -0.25) is 9.59 Å². The average molecular weight is 509 g/mol. The molecule has 2 heterocycles. The van der Waals surface area contributed by atoms with E-state index < -0.39 is 5.41 Å². The fourth-order valence-electron chi connectivity index (χ4n) is 5.51. The Morgan fingerprint density at radius 3 is 2.16 bits per heavy atom. The number of amides is 2. The Morgan fingerprint density at radius 2 is 1.49 bits per heavy atom. The Kier molecular flexibility index (Phi) is 8.65. The van der Waals surface area contributed by atoms with Crippen LogP contribution >= 0.6 is 0 Å². The molecule has 2 aliphatic heterocycles. The summed E-state index contributed by atoms with van der Waals surface area (Å²) in [5, 5.41) is 6.95. The summed E-state index contributed by atoms with van der Waals surface area (Å²) in [6.07, 6.45) is 1.48. The van der Waals surface area contributed by atoms with Crippen molar-refractivity contribution in [3.63, 3.8) is 0 Å². The van der Waals surface area contributed by atoms with Crippen LogP contribution in [0.5, 0.6) is 0 Å². The largest absolute Gasteiger partial charge is 0.339 e. The van der Waals surface area contributed by atoms with Crippen LogP contribution < -0.4 is 10.6 Å². The molecule has 6 nitrogen and oxygen atoms in total. The van der Waals surface area contributed by atoms with Crippen LogP contribution in [0.3, 0.4) is 0 Å². The fourth-order valence-corrected chi connectivity index (χ4v) is 5.51. The number of halogens is 1. The quantitative estimate of drug-likeness (QED) is 0.592. The van der Waals surface area contributed by atoms with Gasteiger partial charge in [0.2, 0.25) is 11.8 Å². The predicted molar refractivity (Wildman–Crippen MR) is 144 cm³/mol. The SMILES string of the molecule is CC(C)C(=O)N1CCNC(c2ccccc2CCC(C)(C)C(=O)N2CCNC(c3ccccc3F)C2)C1. The lowest BCUT2D eigenvalue weighted by atomic mass is 9.83. The van der Waals surface area contributed by atoms with Crippen LogP contribution in [-0.4, -0.2) is 60.9 Å². The van der Waals surface area contributed by atoms with Crippen molar-refractivity contribution in [2.24, 2.45) is 11.3 Å². The van der Waals surface area contributed by atoms with Crippen LogP contribution in [0.25, 0.3) is 0 Å². The van der Waals surface area contributed by atoms with Gasteiger partial charge in [-0.05, 0) is 30.0 Å². The monoisotopic (exact) mass is 508 g/mol. The molecule has 200 valence electrons. The number of carbonyl (C=O) groups is 2. The zero-order chi connectivity index (χ0) is 26.6. The first-order valence-corrected chi connectivity index (χ1v) is 13.5. The molecule has 2 aromatic carbocycles. The number of carbonyl (C=O) groups excluding carboxylic acids is 2. The zero-order valence-electron chi connectivity index (χ0n) is 22.6. The minimum atomic E-state index is -0.552. The highest BCUT2D eigenvalue weighted by Crippen LogP contribution is 2.31. The van der Waals surface area contributed by atoms with E-state index in [-0.39, 0.29) is 35.6 Å². The van der Waals surface area contributed by atoms with Crippen LogP contribution in [0.1, 0.15) is 62.9 Å². The topological polar surface area (TPSA) is 64.7 Å². The average Bonchev–Trinajstić information content (AvgIpc) is 2.91. The molecule has 0 radical (unpaired) electrons. The third-order valence-corrected chi connectivity index (χ3v) is 7.75. The molecule has 0 spiro atoms. The second-order valence-electron chi connectivity index (χ2n) is 11.3. The summed E-state index contributed by atoms with van der Waals surface area (Å²) in [6, 6.07) is 15.0. The smallest absolute Gasteiger partial charge is 0.228 e. The Labute approximate surface area is 220 Å². The van der Waals surface area contributed by atoms with Crippen LogP contribution in [0.2, 0.25) is 0 Å². The highest BCUT2D eigenvalue weighted by molar-refractivity contribution is 5.82. The van der Waals surface area contributed by atoms with E-state index in [4.69, 9.17) is 0 Å². The van der Waals surface area contributed by atoms with Gasteiger partial charge in [0.15, 0.2) is 0 Å². The van der Waals surface area contributed by atoms with Crippen molar-refractivity contribution in [2.45, 2.75) is 52.6 Å². The van der Waals surface area contributed by atoms with E-state index in [2.05, 4.69) is 22.8 Å². The molecule has 2 fully saturated rings. The lowest BCUT2D eigenvalue weighted by molar-refractivity contribution is -0.142. The van der Waals surface area contributed by atoms with Crippen molar-refractivity contribution in [1.29, 1.82) is 0 Å². The fraction of sp³-hybridized carbons (Fsp3) is 0.533. The second-order valence-corrected chi connectivity index (χ2v) is 11.3. The van der Waals surface area contributed by atoms with E-state index in [0.29, 0.717) is 38.2 Å². The van der Waals surface area contributed by atoms with Crippen molar-refractivity contribution in [2.75, 3.05) is 39.3 Å². The van der Waals surface area contributed by atoms with Crippen LogP contribution in [0, 0.1) is 17.2 Å². The number of nitrogens with zero attached hydrogens (tertiary/aromatic N) is 2. The van der Waals surface area contributed by atoms with Gasteiger partial charge in [0.05, 0.1) is 12.1 Å². The maximum absolute atomic E-state index is 14.4. The number of benzene rings is 2. The van der Waals surface area contributed by atoms with Crippen LogP contribution in [0.15, 0.2) is 48.5 Å². The number of hydrogen-bond donors (Lipinski definition) is 2. The highest BCUT2D eigenvalue weighted by atomic mass is 19.1. The van der Waals surface area contributed by atoms with Crippen molar-refractivity contribution in [3.8, 4) is 0 Å². The third kappa shape index (κ3) is 6.39. The second kappa shape index (κ2) is 11.7. The van der Waals surface area contributed by atoms with Gasteiger partial charge in [0.1, 0.15) is 5.82 Å². The van der Waals surface area contributed by atoms with Crippen molar-refractivity contribution < 1.29 is 14.0 Å². The van der Waals surface area contributed by atoms with Gasteiger partial charge in [0.25, 0.3) is 0 Å². The van der Waals surface area contributed by atoms with E-state index in [1.54, 1.807) is 12.1 Å². The van der Waals surface area contributed by atoms with Crippen molar-refractivity contribution >= 4 is 11.8 Å². The summed E-state index contributed by atoms with van der Waals surface area (Å²) in [6.45, 7) is 11.8. The number of hydrogen-bond acceptors (Lipinski definition) is 4. The molecule has 7 heteroatoms. The molecule has 2 saturated heterocycles. The molecule has 2 N–H and O–H groups in total. The molecule has 2 aromatic rings. The summed E-state index contributed by atoms with van der Waals surface area (Å²) in [4.78, 5) is 30.1. The van der Waals surface area contributed by atoms with Crippen LogP contribution in [0.4, 0.5) is 4.39 Å². The molecule has 0 aromatic heterocycles. The Balaban J connectivity index is 1.42. The standard InChI is InChI=1S/C30H41FN4O2/c1-21(2)28(36)34-17-15-32-26(19-34)23-10-6-5-9-22(23)13-14-30(3,4)29(37)35-18-16-33-27(20-35)24-11-7-8-12-25(24)31/h5-12,21,26-27,32-33H,13-20H2,1-4H3. The van der Waals surface area contributed by atoms with E-state index >= 15 is 0 Å². The molecule has 0 saturated carbocycles. The maximum atomic E-state index is 14.4. The Bertz CT molecular complexity index is 1100. The first-order valence-electron chi connectivity index (χ1n) is 13.5. The Hall–Kier alpha value is -2.77. The first kappa shape index (κ1) is 27.3. The molecular formula is C30H41FN4O2. The highest BCUT2D eigenvalue weighted by Gasteiger charge is 2.35. The molecule has 2 atom stereocenters. The third-order valence-electron chi connectivity index (χ3n) is 7.75. The van der Waals surface area contributed by atoms with Gasteiger partial charge in [-0.2, -0.15) is 0 Å². The number of nitrogens with one attached hydrogen (secondary N) is 2. The van der Waals surface area contributed by atoms with E-state index in [9.17, 15) is 14.0 Å². The molecule has 2 aliphatic rings. The lowest BCUT2D eigenvalue weighted by Crippen LogP contribution is -2.52. The van der Waals surface area contributed by atoms with E-state index in [1.165, 1.54) is 17.2 Å². The molecule has 4 rings (SSSR count). The van der Waals surface area contributed by atoms with Gasteiger partial charge in [-0.25, -0.2) is 4.39 Å². The van der Waals surface area contributed by atoms with Gasteiger partial charge in [0, 0.05) is 56.2 Å². The predicted octanol–water partition coefficient (Wildman–Crippen LogP) is 4.09.